The molecule has 1 amide bonds. The van der Waals surface area contributed by atoms with E-state index in [2.05, 4.69) is 16.7 Å². The van der Waals surface area contributed by atoms with Gasteiger partial charge in [0.25, 0.3) is 0 Å². The highest BCUT2D eigenvalue weighted by Gasteiger charge is 2.19. The van der Waals surface area contributed by atoms with Crippen LogP contribution in [-0.4, -0.2) is 18.5 Å². The fraction of sp³-hybridized carbons (Fsp3) is 0.385. The van der Waals surface area contributed by atoms with E-state index in [0.29, 0.717) is 12.0 Å². The molecule has 1 heterocycles. The highest BCUT2D eigenvalue weighted by Crippen LogP contribution is 2.15. The highest BCUT2D eigenvalue weighted by molar-refractivity contribution is 5.78. The topological polar surface area (TPSA) is 64.9 Å². The molecule has 1 aliphatic rings. The van der Waals surface area contributed by atoms with E-state index >= 15 is 0 Å². The van der Waals surface area contributed by atoms with Crippen LogP contribution >= 0.6 is 0 Å². The molecular formula is C13H15N3O. The van der Waals surface area contributed by atoms with Gasteiger partial charge in [0.05, 0.1) is 11.6 Å². The standard InChI is InChI=1S/C13H15N3O/c1-9-6-11(3-2-10(9)7-14)15-8-12-4-5-13(17)16-12/h2-3,6,12,15H,4-5,8H2,1H3,(H,16,17). The highest BCUT2D eigenvalue weighted by atomic mass is 16.1. The minimum absolute atomic E-state index is 0.132. The van der Waals surface area contributed by atoms with Gasteiger partial charge in [0.1, 0.15) is 0 Å². The van der Waals surface area contributed by atoms with Gasteiger partial charge in [-0.25, -0.2) is 0 Å². The Morgan fingerprint density at radius 2 is 2.41 bits per heavy atom. The lowest BCUT2D eigenvalue weighted by molar-refractivity contribution is -0.119. The molecular weight excluding hydrogens is 214 g/mol. The van der Waals surface area contributed by atoms with Gasteiger partial charge < -0.3 is 10.6 Å². The molecule has 0 bridgehead atoms. The number of hydrogen-bond donors (Lipinski definition) is 2. The van der Waals surface area contributed by atoms with Crippen LogP contribution in [0.15, 0.2) is 18.2 Å². The first-order valence-electron chi connectivity index (χ1n) is 5.73. The van der Waals surface area contributed by atoms with Crippen molar-refractivity contribution in [2.45, 2.75) is 25.8 Å². The lowest BCUT2D eigenvalue weighted by Gasteiger charge is -2.13. The maximum atomic E-state index is 11.0. The van der Waals surface area contributed by atoms with Gasteiger partial charge in [0.2, 0.25) is 5.91 Å². The Bertz CT molecular complexity index is 476. The van der Waals surface area contributed by atoms with Crippen LogP contribution in [0.4, 0.5) is 5.69 Å². The second-order valence-corrected chi connectivity index (χ2v) is 4.33. The van der Waals surface area contributed by atoms with Gasteiger partial charge in [-0.05, 0) is 37.1 Å². The molecule has 4 nitrogen and oxygen atoms in total. The van der Waals surface area contributed by atoms with E-state index in [9.17, 15) is 4.79 Å². The molecule has 0 aliphatic carbocycles. The number of carbonyl (C=O) groups is 1. The van der Waals surface area contributed by atoms with Gasteiger partial charge in [-0.15, -0.1) is 0 Å². The molecule has 0 radical (unpaired) electrons. The van der Waals surface area contributed by atoms with Crippen LogP contribution < -0.4 is 10.6 Å². The number of nitrogens with one attached hydrogen (secondary N) is 2. The zero-order valence-corrected chi connectivity index (χ0v) is 9.79. The van der Waals surface area contributed by atoms with Crippen LogP contribution in [0.3, 0.4) is 0 Å². The molecule has 1 saturated heterocycles. The smallest absolute Gasteiger partial charge is 0.220 e. The van der Waals surface area contributed by atoms with E-state index in [1.165, 1.54) is 0 Å². The summed E-state index contributed by atoms with van der Waals surface area (Å²) < 4.78 is 0. The number of amides is 1. The molecule has 0 saturated carbocycles. The minimum atomic E-state index is 0.132. The average molecular weight is 229 g/mol. The lowest BCUT2D eigenvalue weighted by atomic mass is 10.1. The minimum Gasteiger partial charge on any atom is -0.383 e. The second kappa shape index (κ2) is 4.88. The molecule has 0 aromatic heterocycles. The Morgan fingerprint density at radius 3 is 3.00 bits per heavy atom. The molecule has 4 heteroatoms. The van der Waals surface area contributed by atoms with Crippen LogP contribution in [0.2, 0.25) is 0 Å². The summed E-state index contributed by atoms with van der Waals surface area (Å²) in [6.45, 7) is 2.65. The van der Waals surface area contributed by atoms with Gasteiger partial charge in [-0.3, -0.25) is 4.79 Å². The fourth-order valence-electron chi connectivity index (χ4n) is 1.97. The predicted octanol–water partition coefficient (Wildman–Crippen LogP) is 1.56. The Labute approximate surface area is 101 Å². The van der Waals surface area contributed by atoms with Crippen molar-refractivity contribution in [1.82, 2.24) is 5.32 Å². The molecule has 2 rings (SSSR count). The maximum absolute atomic E-state index is 11.0. The van der Waals surface area contributed by atoms with E-state index in [0.717, 1.165) is 24.2 Å². The molecule has 1 aromatic carbocycles. The molecule has 2 N–H and O–H groups in total. The monoisotopic (exact) mass is 229 g/mol. The van der Waals surface area contributed by atoms with Crippen molar-refractivity contribution in [1.29, 1.82) is 5.26 Å². The van der Waals surface area contributed by atoms with Gasteiger partial charge in [-0.1, -0.05) is 0 Å². The van der Waals surface area contributed by atoms with Crippen molar-refractivity contribution in [2.75, 3.05) is 11.9 Å². The van der Waals surface area contributed by atoms with E-state index in [4.69, 9.17) is 5.26 Å². The van der Waals surface area contributed by atoms with Crippen molar-refractivity contribution in [3.63, 3.8) is 0 Å². The van der Waals surface area contributed by atoms with Crippen molar-refractivity contribution in [2.24, 2.45) is 0 Å². The summed E-state index contributed by atoms with van der Waals surface area (Å²) in [7, 11) is 0. The second-order valence-electron chi connectivity index (χ2n) is 4.33. The van der Waals surface area contributed by atoms with Crippen LogP contribution in [0.25, 0.3) is 0 Å². The number of aryl methyl sites for hydroxylation is 1. The van der Waals surface area contributed by atoms with Gasteiger partial charge in [0, 0.05) is 24.7 Å². The SMILES string of the molecule is Cc1cc(NCC2CCC(=O)N2)ccc1C#N. The molecule has 17 heavy (non-hydrogen) atoms. The first kappa shape index (κ1) is 11.5. The van der Waals surface area contributed by atoms with E-state index in [-0.39, 0.29) is 11.9 Å². The number of rotatable bonds is 3. The van der Waals surface area contributed by atoms with Crippen LogP contribution in [0.1, 0.15) is 24.0 Å². The Morgan fingerprint density at radius 1 is 1.59 bits per heavy atom. The van der Waals surface area contributed by atoms with Crippen molar-refractivity contribution in [3.8, 4) is 6.07 Å². The third-order valence-corrected chi connectivity index (χ3v) is 2.98. The summed E-state index contributed by atoms with van der Waals surface area (Å²) in [6.07, 6.45) is 1.51. The summed E-state index contributed by atoms with van der Waals surface area (Å²) in [5, 5.41) is 15.0. The third-order valence-electron chi connectivity index (χ3n) is 2.98. The lowest BCUT2D eigenvalue weighted by Crippen LogP contribution is -2.31. The molecule has 1 unspecified atom stereocenters. The Hall–Kier alpha value is -2.02. The van der Waals surface area contributed by atoms with E-state index in [1.54, 1.807) is 0 Å². The largest absolute Gasteiger partial charge is 0.383 e. The first-order valence-corrected chi connectivity index (χ1v) is 5.73. The fourth-order valence-corrected chi connectivity index (χ4v) is 1.97. The quantitative estimate of drug-likeness (QED) is 0.826. The average Bonchev–Trinajstić information content (AvgIpc) is 2.73. The van der Waals surface area contributed by atoms with Crippen molar-refractivity contribution >= 4 is 11.6 Å². The van der Waals surface area contributed by atoms with Gasteiger partial charge in [0.15, 0.2) is 0 Å². The Kier molecular flexibility index (Phi) is 3.29. The van der Waals surface area contributed by atoms with Gasteiger partial charge >= 0.3 is 0 Å². The van der Waals surface area contributed by atoms with Crippen molar-refractivity contribution < 1.29 is 4.79 Å². The summed E-state index contributed by atoms with van der Waals surface area (Å²) in [5.74, 6) is 0.132. The number of carbonyl (C=O) groups excluding carboxylic acids is 1. The maximum Gasteiger partial charge on any atom is 0.220 e. The van der Waals surface area contributed by atoms with Gasteiger partial charge in [-0.2, -0.15) is 5.26 Å². The van der Waals surface area contributed by atoms with E-state index < -0.39 is 0 Å². The van der Waals surface area contributed by atoms with Crippen LogP contribution in [-0.2, 0) is 4.79 Å². The van der Waals surface area contributed by atoms with E-state index in [1.807, 2.05) is 25.1 Å². The summed E-state index contributed by atoms with van der Waals surface area (Å²) >= 11 is 0. The van der Waals surface area contributed by atoms with Crippen molar-refractivity contribution in [3.05, 3.63) is 29.3 Å². The number of benzene rings is 1. The summed E-state index contributed by atoms with van der Waals surface area (Å²) in [5.41, 5.74) is 2.65. The third kappa shape index (κ3) is 2.76. The molecule has 1 fully saturated rings. The summed E-state index contributed by atoms with van der Waals surface area (Å²) in [4.78, 5) is 11.0. The molecule has 1 aromatic rings. The predicted molar refractivity (Wildman–Crippen MR) is 65.5 cm³/mol. The number of hydrogen-bond acceptors (Lipinski definition) is 3. The number of anilines is 1. The zero-order valence-electron chi connectivity index (χ0n) is 9.79. The normalized spacial score (nSPS) is 18.6. The molecule has 88 valence electrons. The number of nitriles is 1. The first-order chi connectivity index (χ1) is 8.19. The van der Waals surface area contributed by atoms with Crippen LogP contribution in [0, 0.1) is 18.3 Å². The van der Waals surface area contributed by atoms with Crippen LogP contribution in [0.5, 0.6) is 0 Å². The zero-order chi connectivity index (χ0) is 12.3. The number of nitrogens with zero attached hydrogens (tertiary/aromatic N) is 1. The Balaban J connectivity index is 1.93. The summed E-state index contributed by atoms with van der Waals surface area (Å²) in [6, 6.07) is 8.02. The molecule has 0 spiro atoms. The molecule has 1 atom stereocenters. The molecule has 1 aliphatic heterocycles.